The van der Waals surface area contributed by atoms with Crippen molar-refractivity contribution in [2.45, 2.75) is 54.1 Å². The number of benzene rings is 4. The predicted molar refractivity (Wildman–Crippen MR) is 157 cm³/mol. The van der Waals surface area contributed by atoms with Gasteiger partial charge in [-0.25, -0.2) is 4.21 Å². The molecule has 0 spiro atoms. The Morgan fingerprint density at radius 3 is 1.82 bits per heavy atom. The number of sulfonamides is 1. The van der Waals surface area contributed by atoms with Crippen molar-refractivity contribution in [3.8, 4) is 0 Å². The monoisotopic (exact) mass is 559 g/mol. The number of nitrogens with zero attached hydrogens (tertiary/aromatic N) is 1. The fourth-order valence-electron chi connectivity index (χ4n) is 4.76. The van der Waals surface area contributed by atoms with E-state index in [4.69, 9.17) is 0 Å². The second-order valence-electron chi connectivity index (χ2n) is 9.58. The van der Waals surface area contributed by atoms with Gasteiger partial charge < -0.3 is 0 Å². The lowest BCUT2D eigenvalue weighted by Gasteiger charge is -2.30. The van der Waals surface area contributed by atoms with Gasteiger partial charge in [-0.15, -0.1) is 3.77 Å². The summed E-state index contributed by atoms with van der Waals surface area (Å²) in [5.41, 5.74) is 2.29. The van der Waals surface area contributed by atoms with Crippen molar-refractivity contribution < 1.29 is 17.4 Å². The van der Waals surface area contributed by atoms with Gasteiger partial charge in [-0.05, 0) is 43.2 Å². The van der Waals surface area contributed by atoms with Crippen LogP contribution in [-0.4, -0.2) is 23.7 Å². The summed E-state index contributed by atoms with van der Waals surface area (Å²) in [6, 6.07) is 33.4. The molecule has 0 heterocycles. The van der Waals surface area contributed by atoms with Crippen LogP contribution in [0.3, 0.4) is 0 Å². The van der Waals surface area contributed by atoms with Gasteiger partial charge in [-0.1, -0.05) is 110 Å². The van der Waals surface area contributed by atoms with Gasteiger partial charge in [-0.2, -0.15) is 8.42 Å². The number of carbonyl (C=O) groups excluding carboxylic acids is 1. The van der Waals surface area contributed by atoms with Crippen LogP contribution in [0.2, 0.25) is 0 Å². The lowest BCUT2D eigenvalue weighted by molar-refractivity contribution is 0.0972. The predicted octanol–water partition coefficient (Wildman–Crippen LogP) is 7.44. The van der Waals surface area contributed by atoms with Crippen molar-refractivity contribution in [1.29, 1.82) is 0 Å². The second kappa shape index (κ2) is 12.5. The van der Waals surface area contributed by atoms with Gasteiger partial charge in [0, 0.05) is 22.8 Å². The fraction of sp³-hybridized carbons (Fsp3) is 0.219. The summed E-state index contributed by atoms with van der Waals surface area (Å²) in [5.74, 6) is -0.620. The van der Waals surface area contributed by atoms with Crippen LogP contribution in [0, 0.1) is 6.92 Å². The summed E-state index contributed by atoms with van der Waals surface area (Å²) >= 11 is 0. The first-order chi connectivity index (χ1) is 18.7. The van der Waals surface area contributed by atoms with Crippen LogP contribution in [0.5, 0.6) is 0 Å². The van der Waals surface area contributed by atoms with Gasteiger partial charge >= 0.3 is 0 Å². The fourth-order valence-corrected chi connectivity index (χ4v) is 9.69. The van der Waals surface area contributed by atoms with Gasteiger partial charge in [0.1, 0.15) is 0 Å². The van der Waals surface area contributed by atoms with Crippen LogP contribution in [0.25, 0.3) is 0 Å². The molecule has 0 aliphatic heterocycles. The third-order valence-corrected chi connectivity index (χ3v) is 11.6. The Morgan fingerprint density at radius 2 is 1.26 bits per heavy atom. The minimum atomic E-state index is -4.28. The van der Waals surface area contributed by atoms with Gasteiger partial charge in [0.05, 0.1) is 19.9 Å². The molecule has 0 saturated heterocycles. The molecule has 0 unspecified atom stereocenters. The Labute approximate surface area is 232 Å². The highest BCUT2D eigenvalue weighted by Gasteiger charge is 2.37. The minimum Gasteiger partial charge on any atom is -0.294 e. The highest BCUT2D eigenvalue weighted by Crippen LogP contribution is 2.38. The molecule has 0 N–H and O–H groups in total. The second-order valence-corrected chi connectivity index (χ2v) is 13.8. The highest BCUT2D eigenvalue weighted by molar-refractivity contribution is 8.03. The van der Waals surface area contributed by atoms with Crippen LogP contribution < -0.4 is 0 Å². The molecule has 0 aromatic heterocycles. The number of ketones is 1. The third kappa shape index (κ3) is 6.72. The molecule has 0 radical (unpaired) electrons. The number of hydrogen-bond acceptors (Lipinski definition) is 4. The van der Waals surface area contributed by atoms with E-state index in [1.54, 1.807) is 54.6 Å². The van der Waals surface area contributed by atoms with E-state index >= 15 is 4.21 Å². The third-order valence-electron chi connectivity index (χ3n) is 6.77. The van der Waals surface area contributed by atoms with Gasteiger partial charge in [-0.3, -0.25) is 4.79 Å². The molecule has 0 aliphatic carbocycles. The number of rotatable bonds is 11. The summed E-state index contributed by atoms with van der Waals surface area (Å²) in [7, 11) is -7.85. The topological polar surface area (TPSA) is 80.6 Å². The van der Waals surface area contributed by atoms with Crippen molar-refractivity contribution in [3.63, 3.8) is 0 Å². The Bertz CT molecular complexity index is 1610. The zero-order valence-electron chi connectivity index (χ0n) is 22.1. The summed E-state index contributed by atoms with van der Waals surface area (Å²) in [4.78, 5) is 13.8. The Balaban J connectivity index is 1.94. The molecule has 202 valence electrons. The molecule has 39 heavy (non-hydrogen) atoms. The Kier molecular flexibility index (Phi) is 9.15. The first kappa shape index (κ1) is 28.5. The van der Waals surface area contributed by atoms with Crippen LogP contribution in [0.4, 0.5) is 0 Å². The maximum atomic E-state index is 15.2. The first-order valence-electron chi connectivity index (χ1n) is 13.0. The van der Waals surface area contributed by atoms with Crippen molar-refractivity contribution in [2.75, 3.05) is 0 Å². The summed E-state index contributed by atoms with van der Waals surface area (Å²) < 4.78 is 46.7. The van der Waals surface area contributed by atoms with Crippen LogP contribution >= 0.6 is 0 Å². The number of hydrogen-bond donors (Lipinski definition) is 0. The summed E-state index contributed by atoms with van der Waals surface area (Å²) in [6.45, 7) is 3.83. The molecule has 0 fully saturated rings. The molecule has 0 saturated carbocycles. The lowest BCUT2D eigenvalue weighted by Crippen LogP contribution is -2.31. The van der Waals surface area contributed by atoms with Gasteiger partial charge in [0.15, 0.2) is 5.78 Å². The normalized spacial score (nSPS) is 14.6. The van der Waals surface area contributed by atoms with Crippen LogP contribution in [-0.2, 0) is 19.8 Å². The zero-order valence-corrected chi connectivity index (χ0v) is 23.8. The smallest absolute Gasteiger partial charge is 0.290 e. The largest absolute Gasteiger partial charge is 0.294 e. The number of Topliss-reactive ketones (excluding diaryl/α,β-unsaturated/α-hetero) is 1. The highest BCUT2D eigenvalue weighted by atomic mass is 32.3. The maximum Gasteiger partial charge on any atom is 0.290 e. The maximum absolute atomic E-state index is 15.2. The molecule has 0 amide bonds. The van der Waals surface area contributed by atoms with E-state index in [0.29, 0.717) is 23.3 Å². The molecular formula is C32H33NO4S2. The average Bonchev–Trinajstić information content (AvgIpc) is 2.96. The standard InChI is InChI=1S/C32H33NO4S2/c1-3-13-32(30(26-14-7-4-8-15-26)24-31(34)27-16-9-5-10-17-27)38(35,28-18-11-6-12-19-28)33-39(36,37)29-22-20-25(2)21-23-29/h4-12,14-23,30,32H,3,13,24H2,1-2H3/t30-,32+,38+/m0/s1. The molecule has 3 atom stereocenters. The van der Waals surface area contributed by atoms with Crippen molar-refractivity contribution in [3.05, 3.63) is 132 Å². The van der Waals surface area contributed by atoms with E-state index in [0.717, 1.165) is 11.1 Å². The number of carbonyl (C=O) groups is 1. The van der Waals surface area contributed by atoms with Crippen LogP contribution in [0.15, 0.2) is 129 Å². The van der Waals surface area contributed by atoms with E-state index < -0.39 is 30.9 Å². The van der Waals surface area contributed by atoms with E-state index in [1.165, 1.54) is 12.1 Å². The molecule has 0 bridgehead atoms. The average molecular weight is 560 g/mol. The van der Waals surface area contributed by atoms with Crippen LogP contribution in [0.1, 0.15) is 53.6 Å². The Hall–Kier alpha value is -3.55. The minimum absolute atomic E-state index is 0.0105. The van der Waals surface area contributed by atoms with Gasteiger partial charge in [0.25, 0.3) is 10.0 Å². The van der Waals surface area contributed by atoms with Gasteiger partial charge in [0.2, 0.25) is 0 Å². The molecule has 5 nitrogen and oxygen atoms in total. The van der Waals surface area contributed by atoms with E-state index in [-0.39, 0.29) is 17.1 Å². The van der Waals surface area contributed by atoms with E-state index in [9.17, 15) is 13.2 Å². The van der Waals surface area contributed by atoms with E-state index in [2.05, 4.69) is 3.77 Å². The molecule has 4 aromatic carbocycles. The SMILES string of the molecule is CCC[C@H]([C@@H](CC(=O)c1ccccc1)c1ccccc1)[S@@](=O)(=NS(=O)(=O)c1ccc(C)cc1)c1ccccc1. The quantitative estimate of drug-likeness (QED) is 0.179. The Morgan fingerprint density at radius 1 is 0.718 bits per heavy atom. The zero-order chi connectivity index (χ0) is 27.9. The van der Waals surface area contributed by atoms with E-state index in [1.807, 2.05) is 62.4 Å². The summed E-state index contributed by atoms with van der Waals surface area (Å²) in [5, 5.41) is -0.736. The molecule has 4 aromatic rings. The molecule has 0 aliphatic rings. The molecular weight excluding hydrogens is 526 g/mol. The lowest BCUT2D eigenvalue weighted by atomic mass is 9.87. The van der Waals surface area contributed by atoms with Crippen molar-refractivity contribution >= 4 is 25.5 Å². The number of aryl methyl sites for hydroxylation is 1. The molecule has 4 rings (SSSR count). The molecule has 7 heteroatoms. The van der Waals surface area contributed by atoms with Crippen molar-refractivity contribution in [1.82, 2.24) is 0 Å². The first-order valence-corrected chi connectivity index (χ1v) is 16.0. The summed E-state index contributed by atoms with van der Waals surface area (Å²) in [6.07, 6.45) is 1.13. The van der Waals surface area contributed by atoms with Crippen molar-refractivity contribution in [2.24, 2.45) is 3.77 Å².